The summed E-state index contributed by atoms with van der Waals surface area (Å²) in [4.78, 5) is 16.3. The van der Waals surface area contributed by atoms with Crippen LogP contribution in [0.15, 0.2) is 23.1 Å². The number of benzene rings is 1. The van der Waals surface area contributed by atoms with Crippen molar-refractivity contribution in [3.63, 3.8) is 0 Å². The van der Waals surface area contributed by atoms with Crippen LogP contribution in [0.2, 0.25) is 0 Å². The Morgan fingerprint density at radius 1 is 1.29 bits per heavy atom. The predicted molar refractivity (Wildman–Crippen MR) is 110 cm³/mol. The van der Waals surface area contributed by atoms with Gasteiger partial charge in [-0.15, -0.1) is 0 Å². The van der Waals surface area contributed by atoms with Gasteiger partial charge in [-0.1, -0.05) is 6.92 Å². The summed E-state index contributed by atoms with van der Waals surface area (Å²) >= 11 is 0. The SMILES string of the molecule is CCN1CCCC1CN(CCN(C)C)S(=O)(=O)c1ccc(C(=O)OC)cc1C. The normalized spacial score (nSPS) is 18.2. The standard InChI is InChI=1S/C20H33N3O4S/c1-6-22-11-7-8-18(22)15-23(13-12-21(3)4)28(25,26)19-10-9-17(14-16(19)2)20(24)27-5/h9-10,14,18H,6-8,11-13,15H2,1-5H3. The number of carbonyl (C=O) groups is 1. The van der Waals surface area contributed by atoms with E-state index in [2.05, 4.69) is 11.8 Å². The van der Waals surface area contributed by atoms with Crippen molar-refractivity contribution in [1.29, 1.82) is 0 Å². The van der Waals surface area contributed by atoms with Crippen LogP contribution in [0.1, 0.15) is 35.7 Å². The van der Waals surface area contributed by atoms with Crippen molar-refractivity contribution in [1.82, 2.24) is 14.1 Å². The van der Waals surface area contributed by atoms with Gasteiger partial charge in [0.05, 0.1) is 17.6 Å². The highest BCUT2D eigenvalue weighted by Crippen LogP contribution is 2.25. The molecule has 0 spiro atoms. The largest absolute Gasteiger partial charge is 0.465 e. The molecule has 0 radical (unpaired) electrons. The summed E-state index contributed by atoms with van der Waals surface area (Å²) < 4.78 is 33.3. The van der Waals surface area contributed by atoms with Gasteiger partial charge in [0, 0.05) is 25.7 Å². The van der Waals surface area contributed by atoms with Gasteiger partial charge in [0.15, 0.2) is 0 Å². The quantitative estimate of drug-likeness (QED) is 0.578. The zero-order valence-corrected chi connectivity index (χ0v) is 18.5. The molecule has 0 aromatic heterocycles. The topological polar surface area (TPSA) is 70.2 Å². The molecular formula is C20H33N3O4S. The van der Waals surface area contributed by atoms with Gasteiger partial charge < -0.3 is 9.64 Å². The lowest BCUT2D eigenvalue weighted by atomic mass is 10.1. The smallest absolute Gasteiger partial charge is 0.337 e. The number of likely N-dealkylation sites (N-methyl/N-ethyl adjacent to an activating group) is 2. The monoisotopic (exact) mass is 411 g/mol. The van der Waals surface area contributed by atoms with Crippen molar-refractivity contribution in [2.24, 2.45) is 0 Å². The molecule has 2 rings (SSSR count). The van der Waals surface area contributed by atoms with E-state index in [9.17, 15) is 13.2 Å². The summed E-state index contributed by atoms with van der Waals surface area (Å²) in [6, 6.07) is 4.86. The van der Waals surface area contributed by atoms with Crippen molar-refractivity contribution in [2.45, 2.75) is 37.6 Å². The second-order valence-corrected chi connectivity index (χ2v) is 9.47. The van der Waals surface area contributed by atoms with Crippen molar-refractivity contribution < 1.29 is 17.9 Å². The average molecular weight is 412 g/mol. The van der Waals surface area contributed by atoms with Crippen LogP contribution in [0.4, 0.5) is 0 Å². The van der Waals surface area contributed by atoms with Gasteiger partial charge in [0.25, 0.3) is 0 Å². The lowest BCUT2D eigenvalue weighted by Gasteiger charge is -2.30. The van der Waals surface area contributed by atoms with E-state index < -0.39 is 16.0 Å². The van der Waals surface area contributed by atoms with Gasteiger partial charge in [-0.05, 0) is 70.7 Å². The Bertz CT molecular complexity index is 780. The summed E-state index contributed by atoms with van der Waals surface area (Å²) in [6.45, 7) is 7.36. The fourth-order valence-corrected chi connectivity index (χ4v) is 5.37. The fraction of sp³-hybridized carbons (Fsp3) is 0.650. The Morgan fingerprint density at radius 2 is 2.00 bits per heavy atom. The number of nitrogens with zero attached hydrogens (tertiary/aromatic N) is 3. The maximum atomic E-state index is 13.5. The van der Waals surface area contributed by atoms with Gasteiger partial charge in [0.2, 0.25) is 10.0 Å². The number of aryl methyl sites for hydroxylation is 1. The van der Waals surface area contributed by atoms with Crippen molar-refractivity contribution in [3.05, 3.63) is 29.3 Å². The fourth-order valence-electron chi connectivity index (χ4n) is 3.70. The molecule has 0 aliphatic carbocycles. The first-order valence-electron chi connectivity index (χ1n) is 9.78. The van der Waals surface area contributed by atoms with Crippen LogP contribution < -0.4 is 0 Å². The van der Waals surface area contributed by atoms with Crippen molar-refractivity contribution in [2.75, 3.05) is 53.9 Å². The summed E-state index contributed by atoms with van der Waals surface area (Å²) in [5, 5.41) is 0. The molecule has 0 amide bonds. The molecule has 7 nitrogen and oxygen atoms in total. The Balaban J connectivity index is 2.33. The first-order valence-corrected chi connectivity index (χ1v) is 11.2. The van der Waals surface area contributed by atoms with Gasteiger partial charge in [-0.2, -0.15) is 4.31 Å². The molecule has 0 N–H and O–H groups in total. The van der Waals surface area contributed by atoms with Gasteiger partial charge in [-0.3, -0.25) is 4.90 Å². The molecule has 158 valence electrons. The van der Waals surface area contributed by atoms with E-state index in [1.54, 1.807) is 17.3 Å². The number of hydrogen-bond acceptors (Lipinski definition) is 6. The molecule has 1 fully saturated rings. The molecule has 28 heavy (non-hydrogen) atoms. The first kappa shape index (κ1) is 22.8. The van der Waals surface area contributed by atoms with E-state index in [0.29, 0.717) is 30.8 Å². The molecule has 0 bridgehead atoms. The molecule has 1 aliphatic heterocycles. The highest BCUT2D eigenvalue weighted by Gasteiger charge is 2.32. The van der Waals surface area contributed by atoms with E-state index in [1.807, 2.05) is 19.0 Å². The summed E-state index contributed by atoms with van der Waals surface area (Å²) in [5.41, 5.74) is 0.906. The van der Waals surface area contributed by atoms with Crippen LogP contribution in [0.3, 0.4) is 0 Å². The number of likely N-dealkylation sites (tertiary alicyclic amines) is 1. The third-order valence-electron chi connectivity index (χ3n) is 5.33. The molecule has 1 heterocycles. The first-order chi connectivity index (χ1) is 13.2. The van der Waals surface area contributed by atoms with Crippen LogP contribution in [-0.2, 0) is 14.8 Å². The van der Waals surface area contributed by atoms with Crippen LogP contribution in [0.5, 0.6) is 0 Å². The molecule has 1 aromatic carbocycles. The number of hydrogen-bond donors (Lipinski definition) is 0. The molecule has 8 heteroatoms. The zero-order chi connectivity index (χ0) is 20.9. The number of carbonyl (C=O) groups excluding carboxylic acids is 1. The highest BCUT2D eigenvalue weighted by atomic mass is 32.2. The van der Waals surface area contributed by atoms with Gasteiger partial charge in [0.1, 0.15) is 0 Å². The number of sulfonamides is 1. The predicted octanol–water partition coefficient (Wildman–Crippen LogP) is 1.82. The van der Waals surface area contributed by atoms with E-state index in [-0.39, 0.29) is 10.9 Å². The Kier molecular flexibility index (Phi) is 8.00. The van der Waals surface area contributed by atoms with Gasteiger partial charge in [-0.25, -0.2) is 13.2 Å². The number of esters is 1. The van der Waals surface area contributed by atoms with Crippen molar-refractivity contribution in [3.8, 4) is 0 Å². The second kappa shape index (κ2) is 9.82. The number of rotatable bonds is 9. The number of ether oxygens (including phenoxy) is 1. The molecule has 1 unspecified atom stereocenters. The molecular weight excluding hydrogens is 378 g/mol. The molecule has 1 atom stereocenters. The summed E-state index contributed by atoms with van der Waals surface area (Å²) in [5.74, 6) is -0.471. The minimum atomic E-state index is -3.67. The maximum absolute atomic E-state index is 13.5. The van der Waals surface area contributed by atoms with Gasteiger partial charge >= 0.3 is 5.97 Å². The molecule has 1 aromatic rings. The third-order valence-corrected chi connectivity index (χ3v) is 7.36. The minimum Gasteiger partial charge on any atom is -0.465 e. The van der Waals surface area contributed by atoms with Crippen LogP contribution in [0, 0.1) is 6.92 Å². The van der Waals surface area contributed by atoms with E-state index in [0.717, 1.165) is 25.9 Å². The van der Waals surface area contributed by atoms with E-state index in [1.165, 1.54) is 19.2 Å². The Labute approximate surface area is 169 Å². The number of methoxy groups -OCH3 is 1. The maximum Gasteiger partial charge on any atom is 0.337 e. The molecule has 0 saturated carbocycles. The lowest BCUT2D eigenvalue weighted by Crippen LogP contribution is -2.45. The van der Waals surface area contributed by atoms with Crippen LogP contribution in [-0.4, -0.2) is 88.5 Å². The molecule has 1 aliphatic rings. The molecule has 1 saturated heterocycles. The highest BCUT2D eigenvalue weighted by molar-refractivity contribution is 7.89. The zero-order valence-electron chi connectivity index (χ0n) is 17.6. The van der Waals surface area contributed by atoms with Crippen LogP contribution in [0.25, 0.3) is 0 Å². The van der Waals surface area contributed by atoms with Crippen molar-refractivity contribution >= 4 is 16.0 Å². The lowest BCUT2D eigenvalue weighted by molar-refractivity contribution is 0.0600. The van der Waals surface area contributed by atoms with E-state index >= 15 is 0 Å². The average Bonchev–Trinajstić information content (AvgIpc) is 3.10. The van der Waals surface area contributed by atoms with E-state index in [4.69, 9.17) is 4.74 Å². The second-order valence-electron chi connectivity index (χ2n) is 7.56. The Morgan fingerprint density at radius 3 is 2.57 bits per heavy atom. The van der Waals surface area contributed by atoms with Crippen LogP contribution >= 0.6 is 0 Å². The Hall–Kier alpha value is -1.48. The third kappa shape index (κ3) is 5.31. The summed E-state index contributed by atoms with van der Waals surface area (Å²) in [6.07, 6.45) is 2.12. The minimum absolute atomic E-state index is 0.247. The summed E-state index contributed by atoms with van der Waals surface area (Å²) in [7, 11) is 1.52.